The Bertz CT molecular complexity index is 275. The molecule has 0 fully saturated rings. The maximum atomic E-state index is 9.34. The summed E-state index contributed by atoms with van der Waals surface area (Å²) in [7, 11) is 0. The SMILES string of the molecule is CCC(CN)(CO)CCOc1ccccc1. The average molecular weight is 223 g/mol. The summed E-state index contributed by atoms with van der Waals surface area (Å²) in [6.45, 7) is 3.26. The Hall–Kier alpha value is -1.06. The summed E-state index contributed by atoms with van der Waals surface area (Å²) in [6.07, 6.45) is 1.66. The number of hydrogen-bond acceptors (Lipinski definition) is 3. The first-order chi connectivity index (χ1) is 7.76. The van der Waals surface area contributed by atoms with E-state index in [2.05, 4.69) is 0 Å². The predicted molar refractivity (Wildman–Crippen MR) is 65.4 cm³/mol. The molecule has 0 aliphatic rings. The smallest absolute Gasteiger partial charge is 0.119 e. The van der Waals surface area contributed by atoms with Crippen molar-refractivity contribution >= 4 is 0 Å². The molecule has 0 aliphatic carbocycles. The van der Waals surface area contributed by atoms with Gasteiger partial charge in [-0.25, -0.2) is 0 Å². The van der Waals surface area contributed by atoms with E-state index in [-0.39, 0.29) is 12.0 Å². The lowest BCUT2D eigenvalue weighted by Crippen LogP contribution is -2.35. The van der Waals surface area contributed by atoms with Gasteiger partial charge in [0, 0.05) is 12.0 Å². The molecule has 1 aromatic carbocycles. The molecule has 0 bridgehead atoms. The fraction of sp³-hybridized carbons (Fsp3) is 0.538. The van der Waals surface area contributed by atoms with Gasteiger partial charge in [0.2, 0.25) is 0 Å². The van der Waals surface area contributed by atoms with Gasteiger partial charge in [0.05, 0.1) is 13.2 Å². The molecular formula is C13H21NO2. The first-order valence-corrected chi connectivity index (χ1v) is 5.75. The van der Waals surface area contributed by atoms with Crippen LogP contribution in [0.25, 0.3) is 0 Å². The summed E-state index contributed by atoms with van der Waals surface area (Å²) in [5.41, 5.74) is 5.51. The second-order valence-corrected chi connectivity index (χ2v) is 4.13. The molecule has 0 spiro atoms. The number of aliphatic hydroxyl groups excluding tert-OH is 1. The molecule has 0 aliphatic heterocycles. The molecule has 0 saturated heterocycles. The quantitative estimate of drug-likeness (QED) is 0.741. The molecule has 0 amide bonds. The minimum absolute atomic E-state index is 0.123. The number of ether oxygens (including phenoxy) is 1. The summed E-state index contributed by atoms with van der Waals surface area (Å²) in [4.78, 5) is 0. The largest absolute Gasteiger partial charge is 0.494 e. The zero-order valence-corrected chi connectivity index (χ0v) is 9.86. The van der Waals surface area contributed by atoms with E-state index in [1.807, 2.05) is 37.3 Å². The molecule has 90 valence electrons. The van der Waals surface area contributed by atoms with Crippen LogP contribution in [-0.4, -0.2) is 24.9 Å². The van der Waals surface area contributed by atoms with Gasteiger partial charge in [0.1, 0.15) is 5.75 Å². The number of aliphatic hydroxyl groups is 1. The van der Waals surface area contributed by atoms with Crippen molar-refractivity contribution in [3.63, 3.8) is 0 Å². The molecule has 3 N–H and O–H groups in total. The average Bonchev–Trinajstić information content (AvgIpc) is 2.37. The highest BCUT2D eigenvalue weighted by Crippen LogP contribution is 2.24. The van der Waals surface area contributed by atoms with Crippen LogP contribution in [0.5, 0.6) is 5.75 Å². The first kappa shape index (κ1) is 13.0. The molecule has 0 aromatic heterocycles. The van der Waals surface area contributed by atoms with Crippen LogP contribution in [0, 0.1) is 5.41 Å². The normalized spacial score (nSPS) is 14.4. The van der Waals surface area contributed by atoms with Gasteiger partial charge in [0.25, 0.3) is 0 Å². The van der Waals surface area contributed by atoms with Crippen molar-refractivity contribution in [2.75, 3.05) is 19.8 Å². The maximum Gasteiger partial charge on any atom is 0.119 e. The number of nitrogens with two attached hydrogens (primary N) is 1. The highest BCUT2D eigenvalue weighted by Gasteiger charge is 2.25. The molecule has 1 rings (SSSR count). The van der Waals surface area contributed by atoms with Crippen LogP contribution < -0.4 is 10.5 Å². The van der Waals surface area contributed by atoms with Gasteiger partial charge in [-0.2, -0.15) is 0 Å². The van der Waals surface area contributed by atoms with Crippen molar-refractivity contribution in [1.29, 1.82) is 0 Å². The zero-order valence-electron chi connectivity index (χ0n) is 9.86. The minimum atomic E-state index is -0.186. The van der Waals surface area contributed by atoms with E-state index in [1.54, 1.807) is 0 Å². The third kappa shape index (κ3) is 3.51. The van der Waals surface area contributed by atoms with E-state index in [9.17, 15) is 5.11 Å². The third-order valence-corrected chi connectivity index (χ3v) is 3.16. The van der Waals surface area contributed by atoms with Crippen molar-refractivity contribution in [2.45, 2.75) is 19.8 Å². The van der Waals surface area contributed by atoms with Gasteiger partial charge in [-0.1, -0.05) is 25.1 Å². The van der Waals surface area contributed by atoms with Crippen LogP contribution in [0.1, 0.15) is 19.8 Å². The molecule has 3 heteroatoms. The molecular weight excluding hydrogens is 202 g/mol. The number of benzene rings is 1. The molecule has 3 nitrogen and oxygen atoms in total. The Kier molecular flexibility index (Phi) is 5.29. The lowest BCUT2D eigenvalue weighted by molar-refractivity contribution is 0.0983. The fourth-order valence-electron chi connectivity index (χ4n) is 1.58. The number of hydrogen-bond donors (Lipinski definition) is 2. The van der Waals surface area contributed by atoms with E-state index in [1.165, 1.54) is 0 Å². The Morgan fingerprint density at radius 3 is 2.50 bits per heavy atom. The van der Waals surface area contributed by atoms with Gasteiger partial charge in [0.15, 0.2) is 0 Å². The van der Waals surface area contributed by atoms with Crippen molar-refractivity contribution < 1.29 is 9.84 Å². The summed E-state index contributed by atoms with van der Waals surface area (Å²) in [6, 6.07) is 9.69. The van der Waals surface area contributed by atoms with E-state index in [4.69, 9.17) is 10.5 Å². The van der Waals surface area contributed by atoms with Crippen LogP contribution in [0.3, 0.4) is 0 Å². The molecule has 1 aromatic rings. The molecule has 0 saturated carbocycles. The third-order valence-electron chi connectivity index (χ3n) is 3.16. The Morgan fingerprint density at radius 2 is 2.00 bits per heavy atom. The van der Waals surface area contributed by atoms with Crippen LogP contribution >= 0.6 is 0 Å². The summed E-state index contributed by atoms with van der Waals surface area (Å²) in [5.74, 6) is 0.863. The van der Waals surface area contributed by atoms with E-state index < -0.39 is 0 Å². The van der Waals surface area contributed by atoms with Gasteiger partial charge >= 0.3 is 0 Å². The Balaban J connectivity index is 2.39. The molecule has 0 heterocycles. The predicted octanol–water partition coefficient (Wildman–Crippen LogP) is 1.80. The number of para-hydroxylation sites is 1. The maximum absolute atomic E-state index is 9.34. The van der Waals surface area contributed by atoms with Crippen LogP contribution in [-0.2, 0) is 0 Å². The van der Waals surface area contributed by atoms with Crippen LogP contribution in [0.2, 0.25) is 0 Å². The molecule has 1 unspecified atom stereocenters. The van der Waals surface area contributed by atoms with Crippen molar-refractivity contribution in [3.05, 3.63) is 30.3 Å². The van der Waals surface area contributed by atoms with Crippen LogP contribution in [0.15, 0.2) is 30.3 Å². The monoisotopic (exact) mass is 223 g/mol. The second-order valence-electron chi connectivity index (χ2n) is 4.13. The summed E-state index contributed by atoms with van der Waals surface area (Å²) in [5, 5.41) is 9.34. The topological polar surface area (TPSA) is 55.5 Å². The minimum Gasteiger partial charge on any atom is -0.494 e. The van der Waals surface area contributed by atoms with Gasteiger partial charge in [-0.3, -0.25) is 0 Å². The van der Waals surface area contributed by atoms with Crippen molar-refractivity contribution in [2.24, 2.45) is 11.1 Å². The zero-order chi connectivity index (χ0) is 11.9. The van der Waals surface area contributed by atoms with Gasteiger partial charge < -0.3 is 15.6 Å². The van der Waals surface area contributed by atoms with Gasteiger partial charge in [-0.15, -0.1) is 0 Å². The fourth-order valence-corrected chi connectivity index (χ4v) is 1.58. The highest BCUT2D eigenvalue weighted by atomic mass is 16.5. The Morgan fingerprint density at radius 1 is 1.31 bits per heavy atom. The van der Waals surface area contributed by atoms with Gasteiger partial charge in [-0.05, 0) is 25.0 Å². The van der Waals surface area contributed by atoms with E-state index in [0.717, 1.165) is 18.6 Å². The second kappa shape index (κ2) is 6.51. The summed E-state index contributed by atoms with van der Waals surface area (Å²) >= 11 is 0. The van der Waals surface area contributed by atoms with E-state index in [0.29, 0.717) is 13.2 Å². The number of rotatable bonds is 7. The lowest BCUT2D eigenvalue weighted by Gasteiger charge is -2.28. The molecule has 1 atom stereocenters. The first-order valence-electron chi connectivity index (χ1n) is 5.75. The molecule has 0 radical (unpaired) electrons. The van der Waals surface area contributed by atoms with Crippen LogP contribution in [0.4, 0.5) is 0 Å². The lowest BCUT2D eigenvalue weighted by atomic mass is 9.83. The highest BCUT2D eigenvalue weighted by molar-refractivity contribution is 5.20. The van der Waals surface area contributed by atoms with Crippen molar-refractivity contribution in [1.82, 2.24) is 0 Å². The summed E-state index contributed by atoms with van der Waals surface area (Å²) < 4.78 is 5.60. The Labute approximate surface area is 97.2 Å². The molecule has 16 heavy (non-hydrogen) atoms. The standard InChI is InChI=1S/C13H21NO2/c1-2-13(10-14,11-15)8-9-16-12-6-4-3-5-7-12/h3-7,15H,2,8-11,14H2,1H3. The van der Waals surface area contributed by atoms with Crippen molar-refractivity contribution in [3.8, 4) is 5.75 Å². The van der Waals surface area contributed by atoms with E-state index >= 15 is 0 Å².